The molecule has 0 unspecified atom stereocenters. The van der Waals surface area contributed by atoms with Crippen LogP contribution in [0.1, 0.15) is 30.0 Å². The van der Waals surface area contributed by atoms with E-state index in [1.807, 2.05) is 66.7 Å². The highest BCUT2D eigenvalue weighted by Gasteiger charge is 2.52. The number of amides is 2. The third kappa shape index (κ3) is 6.20. The molecule has 198 valence electrons. The fourth-order valence-corrected chi connectivity index (χ4v) is 5.43. The molecule has 0 spiro atoms. The monoisotopic (exact) mass is 688 g/mol. The summed E-state index contributed by atoms with van der Waals surface area (Å²) in [4.78, 5) is 29.9. The Morgan fingerprint density at radius 2 is 1.82 bits per heavy atom. The lowest BCUT2D eigenvalue weighted by molar-refractivity contribution is -0.139. The molecule has 2 atom stereocenters. The van der Waals surface area contributed by atoms with E-state index in [2.05, 4.69) is 38.5 Å². The highest BCUT2D eigenvalue weighted by Crippen LogP contribution is 2.46. The minimum atomic E-state index is -1.77. The molecule has 0 fully saturated rings. The molecule has 0 aromatic heterocycles. The van der Waals surface area contributed by atoms with Crippen LogP contribution < -0.4 is 4.90 Å². The summed E-state index contributed by atoms with van der Waals surface area (Å²) in [6.07, 6.45) is 3.53. The molecule has 0 radical (unpaired) electrons. The number of aliphatic hydroxyl groups is 2. The summed E-state index contributed by atoms with van der Waals surface area (Å²) in [7, 11) is 0. The molecule has 8 heteroatoms. The molecule has 1 heterocycles. The summed E-state index contributed by atoms with van der Waals surface area (Å²) in [5.74, 6) is -1.11. The first-order valence-corrected chi connectivity index (χ1v) is 14.3. The normalized spacial score (nSPS) is 17.6. The number of carbonyl (C=O) groups is 2. The molecule has 4 rings (SSSR count). The number of hydrogen-bond acceptors (Lipinski definition) is 4. The van der Waals surface area contributed by atoms with Crippen LogP contribution in [0.25, 0.3) is 0 Å². The van der Waals surface area contributed by atoms with Crippen molar-refractivity contribution < 1.29 is 19.8 Å². The van der Waals surface area contributed by atoms with Gasteiger partial charge in [0.05, 0.1) is 18.8 Å². The summed E-state index contributed by atoms with van der Waals surface area (Å²) in [5.41, 5.74) is 1.39. The number of rotatable bonds is 10. The summed E-state index contributed by atoms with van der Waals surface area (Å²) >= 11 is 5.72. The number of aliphatic hydroxyl groups excluding tert-OH is 1. The predicted molar refractivity (Wildman–Crippen MR) is 160 cm³/mol. The second kappa shape index (κ2) is 12.5. The number of fused-ring (bicyclic) bond motifs is 1. The van der Waals surface area contributed by atoms with E-state index in [1.54, 1.807) is 34.9 Å². The Morgan fingerprint density at radius 1 is 1.11 bits per heavy atom. The molecule has 2 N–H and O–H groups in total. The number of benzene rings is 3. The first kappa shape index (κ1) is 28.5. The Labute approximate surface area is 245 Å². The smallest absolute Gasteiger partial charge is 0.264 e. The zero-order valence-corrected chi connectivity index (χ0v) is 24.8. The third-order valence-corrected chi connectivity index (χ3v) is 8.01. The summed E-state index contributed by atoms with van der Waals surface area (Å²) in [5, 5.41) is 21.3. The van der Waals surface area contributed by atoms with Crippen LogP contribution in [0, 0.1) is 9.49 Å². The van der Waals surface area contributed by atoms with Gasteiger partial charge in [-0.2, -0.15) is 0 Å². The van der Waals surface area contributed by atoms with Crippen LogP contribution in [0.3, 0.4) is 0 Å². The van der Waals surface area contributed by atoms with Crippen LogP contribution in [-0.4, -0.2) is 40.1 Å². The van der Waals surface area contributed by atoms with E-state index in [0.717, 1.165) is 19.2 Å². The minimum absolute atomic E-state index is 0.0964. The van der Waals surface area contributed by atoms with Gasteiger partial charge in [-0.15, -0.1) is 0 Å². The number of hydrogen-bond donors (Lipinski definition) is 2. The molecule has 0 aliphatic carbocycles. The molecule has 1 aliphatic heterocycles. The van der Waals surface area contributed by atoms with Crippen molar-refractivity contribution in [3.05, 3.63) is 110 Å². The van der Waals surface area contributed by atoms with E-state index in [1.165, 1.54) is 0 Å². The van der Waals surface area contributed by atoms with Gasteiger partial charge in [0.15, 0.2) is 5.60 Å². The fourth-order valence-electron chi connectivity index (χ4n) is 4.71. The molecule has 3 aromatic rings. The average molecular weight is 689 g/mol. The van der Waals surface area contributed by atoms with E-state index in [0.29, 0.717) is 24.3 Å². The lowest BCUT2D eigenvalue weighted by atomic mass is 9.83. The lowest BCUT2D eigenvalue weighted by Crippen LogP contribution is -2.44. The van der Waals surface area contributed by atoms with E-state index in [4.69, 9.17) is 0 Å². The Kier molecular flexibility index (Phi) is 9.40. The van der Waals surface area contributed by atoms with Crippen LogP contribution in [-0.2, 0) is 28.3 Å². The topological polar surface area (TPSA) is 81.1 Å². The van der Waals surface area contributed by atoms with Crippen molar-refractivity contribution in [3.8, 4) is 0 Å². The maximum atomic E-state index is 13.7. The largest absolute Gasteiger partial charge is 0.395 e. The van der Waals surface area contributed by atoms with Gasteiger partial charge in [-0.25, -0.2) is 0 Å². The van der Waals surface area contributed by atoms with Gasteiger partial charge in [-0.1, -0.05) is 77.5 Å². The molecule has 6 nitrogen and oxygen atoms in total. The van der Waals surface area contributed by atoms with Gasteiger partial charge in [-0.05, 0) is 64.0 Å². The van der Waals surface area contributed by atoms with Crippen LogP contribution >= 0.6 is 38.5 Å². The fraction of sp³-hybridized carbons (Fsp3) is 0.267. The van der Waals surface area contributed by atoms with Gasteiger partial charge in [0.25, 0.3) is 5.91 Å². The first-order chi connectivity index (χ1) is 18.2. The second-order valence-corrected chi connectivity index (χ2v) is 11.6. The SMILES string of the molecule is C[C@H](/C=C/CC(=O)N(CCO)Cc1ccccc1)[C@@]1(O)C(=O)N(Cc2ccc(I)cc2)c2ccc(Br)cc21. The Morgan fingerprint density at radius 3 is 2.50 bits per heavy atom. The standard InChI is InChI=1S/C30H30BrIN2O4/c1-21(6-5-9-28(36)33(16-17-35)19-22-7-3-2-4-8-22)30(38)26-18-24(31)12-15-27(26)34(29(30)37)20-23-10-13-25(32)14-11-23/h2-8,10-15,18,21,35,38H,9,16-17,19-20H2,1H3/b6-5+/t21-,30+/m1/s1. The second-order valence-electron chi connectivity index (χ2n) is 9.39. The molecule has 2 amide bonds. The number of anilines is 1. The molecular weight excluding hydrogens is 659 g/mol. The molecule has 3 aromatic carbocycles. The average Bonchev–Trinajstić information content (AvgIpc) is 3.12. The Bertz CT molecular complexity index is 1320. The van der Waals surface area contributed by atoms with Crippen LogP contribution in [0.2, 0.25) is 0 Å². The van der Waals surface area contributed by atoms with Gasteiger partial charge in [0.2, 0.25) is 5.91 Å². The van der Waals surface area contributed by atoms with Crippen molar-refractivity contribution in [1.29, 1.82) is 0 Å². The zero-order chi connectivity index (χ0) is 27.3. The van der Waals surface area contributed by atoms with Gasteiger partial charge in [-0.3, -0.25) is 9.59 Å². The highest BCUT2D eigenvalue weighted by atomic mass is 127. The minimum Gasteiger partial charge on any atom is -0.395 e. The maximum Gasteiger partial charge on any atom is 0.264 e. The molecular formula is C30H30BrIN2O4. The van der Waals surface area contributed by atoms with Crippen molar-refractivity contribution in [3.63, 3.8) is 0 Å². The molecule has 0 bridgehead atoms. The van der Waals surface area contributed by atoms with E-state index < -0.39 is 17.4 Å². The summed E-state index contributed by atoms with van der Waals surface area (Å²) in [6, 6.07) is 23.1. The highest BCUT2D eigenvalue weighted by molar-refractivity contribution is 14.1. The van der Waals surface area contributed by atoms with Gasteiger partial charge >= 0.3 is 0 Å². The zero-order valence-electron chi connectivity index (χ0n) is 21.1. The van der Waals surface area contributed by atoms with Crippen molar-refractivity contribution >= 4 is 56.0 Å². The number of halogens is 2. The Balaban J connectivity index is 1.52. The third-order valence-electron chi connectivity index (χ3n) is 6.80. The quantitative estimate of drug-likeness (QED) is 0.221. The maximum absolute atomic E-state index is 13.7. The van der Waals surface area contributed by atoms with E-state index in [9.17, 15) is 19.8 Å². The van der Waals surface area contributed by atoms with Crippen molar-refractivity contribution in [2.24, 2.45) is 5.92 Å². The van der Waals surface area contributed by atoms with Gasteiger partial charge < -0.3 is 20.0 Å². The molecule has 38 heavy (non-hydrogen) atoms. The Hall–Kier alpha value is -2.53. The van der Waals surface area contributed by atoms with Crippen LogP contribution in [0.4, 0.5) is 5.69 Å². The van der Waals surface area contributed by atoms with E-state index in [-0.39, 0.29) is 25.5 Å². The summed E-state index contributed by atoms with van der Waals surface area (Å²) in [6.45, 7) is 2.63. The van der Waals surface area contributed by atoms with Crippen molar-refractivity contribution in [2.75, 3.05) is 18.1 Å². The molecule has 0 saturated carbocycles. The molecule has 0 saturated heterocycles. The number of carbonyl (C=O) groups excluding carboxylic acids is 2. The van der Waals surface area contributed by atoms with Crippen LogP contribution in [0.15, 0.2) is 89.4 Å². The van der Waals surface area contributed by atoms with Crippen LogP contribution in [0.5, 0.6) is 0 Å². The first-order valence-electron chi connectivity index (χ1n) is 12.4. The predicted octanol–water partition coefficient (Wildman–Crippen LogP) is 5.39. The van der Waals surface area contributed by atoms with Gasteiger partial charge in [0.1, 0.15) is 0 Å². The number of nitrogens with zero attached hydrogens (tertiary/aromatic N) is 2. The van der Waals surface area contributed by atoms with Crippen molar-refractivity contribution in [2.45, 2.75) is 32.0 Å². The lowest BCUT2D eigenvalue weighted by Gasteiger charge is -2.28. The van der Waals surface area contributed by atoms with E-state index >= 15 is 0 Å². The van der Waals surface area contributed by atoms with Crippen molar-refractivity contribution in [1.82, 2.24) is 4.90 Å². The van der Waals surface area contributed by atoms with Gasteiger partial charge in [0, 0.05) is 39.0 Å². The molecule has 1 aliphatic rings. The summed E-state index contributed by atoms with van der Waals surface area (Å²) < 4.78 is 1.88.